The number of methoxy groups -OCH3 is 1. The van der Waals surface area contributed by atoms with E-state index in [1.807, 2.05) is 0 Å². The van der Waals surface area contributed by atoms with Gasteiger partial charge in [0, 0.05) is 6.42 Å². The van der Waals surface area contributed by atoms with Crippen molar-refractivity contribution < 1.29 is 24.2 Å². The molecule has 0 fully saturated rings. The summed E-state index contributed by atoms with van der Waals surface area (Å²) in [7, 11) is 1.51. The summed E-state index contributed by atoms with van der Waals surface area (Å²) in [5.74, 6) is -0.467. The maximum atomic E-state index is 11.6. The Morgan fingerprint density at radius 2 is 2.14 bits per heavy atom. The van der Waals surface area contributed by atoms with Crippen LogP contribution in [-0.4, -0.2) is 36.6 Å². The molecule has 1 atom stereocenters. The second-order valence-corrected chi connectivity index (χ2v) is 4.46. The zero-order valence-electron chi connectivity index (χ0n) is 12.3. The van der Waals surface area contributed by atoms with Crippen molar-refractivity contribution in [1.29, 1.82) is 0 Å². The minimum Gasteiger partial charge on any atom is -0.493 e. The zero-order chi connectivity index (χ0) is 16.5. The van der Waals surface area contributed by atoms with Gasteiger partial charge in [0.05, 0.1) is 7.11 Å². The molecule has 22 heavy (non-hydrogen) atoms. The summed E-state index contributed by atoms with van der Waals surface area (Å²) in [5, 5.41) is 8.65. The quantitative estimate of drug-likeness (QED) is 0.531. The average Bonchev–Trinajstić information content (AvgIpc) is 2.50. The summed E-state index contributed by atoms with van der Waals surface area (Å²) in [6.07, 6.45) is 4.24. The number of hydrogen-bond acceptors (Lipinski definition) is 5. The Kier molecular flexibility index (Phi) is 6.85. The predicted octanol–water partition coefficient (Wildman–Crippen LogP) is 1.64. The van der Waals surface area contributed by atoms with Gasteiger partial charge in [-0.3, -0.25) is 9.59 Å². The number of carbonyl (C=O) groups is 2. The molecule has 1 aromatic carbocycles. The van der Waals surface area contributed by atoms with Crippen molar-refractivity contribution in [1.82, 2.24) is 0 Å². The molecule has 0 amide bonds. The van der Waals surface area contributed by atoms with Gasteiger partial charge in [0.25, 0.3) is 0 Å². The van der Waals surface area contributed by atoms with Crippen LogP contribution >= 0.6 is 0 Å². The van der Waals surface area contributed by atoms with Gasteiger partial charge in [-0.15, -0.1) is 0 Å². The Morgan fingerprint density at radius 1 is 1.41 bits per heavy atom. The lowest BCUT2D eigenvalue weighted by Crippen LogP contribution is -2.32. The van der Waals surface area contributed by atoms with Crippen LogP contribution < -0.4 is 15.2 Å². The second kappa shape index (κ2) is 8.63. The van der Waals surface area contributed by atoms with Crippen LogP contribution in [-0.2, 0) is 9.59 Å². The largest absolute Gasteiger partial charge is 0.493 e. The van der Waals surface area contributed by atoms with Crippen LogP contribution in [0, 0.1) is 0 Å². The van der Waals surface area contributed by atoms with Gasteiger partial charge in [-0.2, -0.15) is 0 Å². The lowest BCUT2D eigenvalue weighted by atomic mass is 10.1. The number of hydrogen-bond donors (Lipinski definition) is 2. The Balaban J connectivity index is 2.76. The van der Waals surface area contributed by atoms with Crippen molar-refractivity contribution in [3.8, 4) is 11.5 Å². The van der Waals surface area contributed by atoms with E-state index >= 15 is 0 Å². The van der Waals surface area contributed by atoms with Crippen LogP contribution in [0.3, 0.4) is 0 Å². The number of carboxylic acid groups (broad SMARTS) is 1. The van der Waals surface area contributed by atoms with E-state index in [2.05, 4.69) is 6.58 Å². The van der Waals surface area contributed by atoms with Gasteiger partial charge in [0.1, 0.15) is 12.6 Å². The third-order valence-electron chi connectivity index (χ3n) is 2.74. The van der Waals surface area contributed by atoms with Crippen LogP contribution in [0.1, 0.15) is 12.0 Å². The average molecular weight is 305 g/mol. The maximum Gasteiger partial charge on any atom is 0.320 e. The molecule has 0 bridgehead atoms. The van der Waals surface area contributed by atoms with Crippen LogP contribution in [0.2, 0.25) is 0 Å². The molecule has 0 radical (unpaired) electrons. The van der Waals surface area contributed by atoms with Crippen molar-refractivity contribution >= 4 is 17.8 Å². The van der Waals surface area contributed by atoms with E-state index < -0.39 is 12.0 Å². The fraction of sp³-hybridized carbons (Fsp3) is 0.250. The molecular weight excluding hydrogens is 286 g/mol. The number of benzene rings is 1. The Labute approximate surface area is 128 Å². The zero-order valence-corrected chi connectivity index (χ0v) is 12.3. The second-order valence-electron chi connectivity index (χ2n) is 4.46. The number of allylic oxidation sites excluding steroid dienone is 1. The summed E-state index contributed by atoms with van der Waals surface area (Å²) in [4.78, 5) is 22.2. The third kappa shape index (κ3) is 5.41. The molecule has 6 heteroatoms. The minimum atomic E-state index is -1.20. The topological polar surface area (TPSA) is 98.9 Å². The van der Waals surface area contributed by atoms with Crippen molar-refractivity contribution in [3.63, 3.8) is 0 Å². The minimum absolute atomic E-state index is 0.247. The van der Waals surface area contributed by atoms with Gasteiger partial charge >= 0.3 is 5.97 Å². The number of carboxylic acids is 1. The first kappa shape index (κ1) is 17.5. The molecule has 0 saturated carbocycles. The highest BCUT2D eigenvalue weighted by atomic mass is 16.5. The summed E-state index contributed by atoms with van der Waals surface area (Å²) < 4.78 is 10.6. The number of ketones is 1. The molecule has 1 aromatic rings. The normalized spacial score (nSPS) is 11.9. The Bertz CT molecular complexity index is 580. The highest BCUT2D eigenvalue weighted by Gasteiger charge is 2.14. The van der Waals surface area contributed by atoms with E-state index in [0.29, 0.717) is 18.1 Å². The highest BCUT2D eigenvalue weighted by Crippen LogP contribution is 2.28. The van der Waals surface area contributed by atoms with Crippen molar-refractivity contribution in [2.75, 3.05) is 13.7 Å². The number of rotatable bonds is 9. The van der Waals surface area contributed by atoms with E-state index in [4.69, 9.17) is 20.3 Å². The molecule has 0 unspecified atom stereocenters. The van der Waals surface area contributed by atoms with E-state index in [1.165, 1.54) is 13.2 Å². The molecular formula is C16H19NO5. The summed E-state index contributed by atoms with van der Waals surface area (Å²) >= 11 is 0. The summed E-state index contributed by atoms with van der Waals surface area (Å²) in [6, 6.07) is 3.98. The smallest absolute Gasteiger partial charge is 0.320 e. The van der Waals surface area contributed by atoms with Crippen molar-refractivity contribution in [3.05, 3.63) is 42.5 Å². The fourth-order valence-corrected chi connectivity index (χ4v) is 1.62. The first-order valence-corrected chi connectivity index (χ1v) is 6.59. The lowest BCUT2D eigenvalue weighted by Gasteiger charge is -2.09. The molecule has 118 valence electrons. The lowest BCUT2D eigenvalue weighted by molar-refractivity contribution is -0.139. The molecule has 0 saturated heterocycles. The SMILES string of the molecule is C=CCOc1ccc(C=CC(=O)C[C@H](N)C(=O)O)cc1OC. The third-order valence-corrected chi connectivity index (χ3v) is 2.74. The van der Waals surface area contributed by atoms with Crippen LogP contribution in [0.5, 0.6) is 11.5 Å². The number of ether oxygens (including phenoxy) is 2. The van der Waals surface area contributed by atoms with Gasteiger partial charge in [0.15, 0.2) is 17.3 Å². The molecule has 0 aromatic heterocycles. The van der Waals surface area contributed by atoms with E-state index in [-0.39, 0.29) is 12.2 Å². The van der Waals surface area contributed by atoms with Gasteiger partial charge in [-0.25, -0.2) is 0 Å². The van der Waals surface area contributed by atoms with Crippen molar-refractivity contribution in [2.24, 2.45) is 5.73 Å². The van der Waals surface area contributed by atoms with E-state index in [0.717, 1.165) is 5.56 Å². The van der Waals surface area contributed by atoms with Crippen molar-refractivity contribution in [2.45, 2.75) is 12.5 Å². The molecule has 3 N–H and O–H groups in total. The Morgan fingerprint density at radius 3 is 2.73 bits per heavy atom. The van der Waals surface area contributed by atoms with E-state index in [9.17, 15) is 9.59 Å². The fourth-order valence-electron chi connectivity index (χ4n) is 1.62. The highest BCUT2D eigenvalue weighted by molar-refractivity contribution is 5.96. The summed E-state index contributed by atoms with van der Waals surface area (Å²) in [6.45, 7) is 3.93. The summed E-state index contributed by atoms with van der Waals surface area (Å²) in [5.41, 5.74) is 6.02. The van der Waals surface area contributed by atoms with Gasteiger partial charge in [-0.1, -0.05) is 24.8 Å². The molecule has 0 aliphatic rings. The number of carbonyl (C=O) groups excluding carboxylic acids is 1. The molecule has 0 aliphatic heterocycles. The molecule has 1 rings (SSSR count). The molecule has 0 heterocycles. The monoisotopic (exact) mass is 305 g/mol. The van der Waals surface area contributed by atoms with Gasteiger partial charge in [-0.05, 0) is 23.8 Å². The van der Waals surface area contributed by atoms with Crippen LogP contribution in [0.25, 0.3) is 6.08 Å². The predicted molar refractivity (Wildman–Crippen MR) is 83.0 cm³/mol. The molecule has 0 aliphatic carbocycles. The van der Waals surface area contributed by atoms with Crippen LogP contribution in [0.15, 0.2) is 36.9 Å². The van der Waals surface area contributed by atoms with E-state index in [1.54, 1.807) is 30.4 Å². The first-order valence-electron chi connectivity index (χ1n) is 6.59. The Hall–Kier alpha value is -2.60. The first-order chi connectivity index (χ1) is 10.5. The molecule has 6 nitrogen and oxygen atoms in total. The van der Waals surface area contributed by atoms with Gasteiger partial charge < -0.3 is 20.3 Å². The number of nitrogens with two attached hydrogens (primary N) is 1. The number of aliphatic carboxylic acids is 1. The standard InChI is InChI=1S/C16H19NO5/c1-3-8-22-14-7-5-11(9-15(14)21-2)4-6-12(18)10-13(17)16(19)20/h3-7,9,13H,1,8,10,17H2,2H3,(H,19,20)/t13-/m0/s1. The maximum absolute atomic E-state index is 11.6. The molecule has 0 spiro atoms. The van der Waals surface area contributed by atoms with Crippen LogP contribution in [0.4, 0.5) is 0 Å². The van der Waals surface area contributed by atoms with Gasteiger partial charge in [0.2, 0.25) is 0 Å².